The monoisotopic (exact) mass is 267 g/mol. The van der Waals surface area contributed by atoms with Gasteiger partial charge in [-0.15, -0.1) is 0 Å². The van der Waals surface area contributed by atoms with Gasteiger partial charge in [-0.1, -0.05) is 0 Å². The summed E-state index contributed by atoms with van der Waals surface area (Å²) in [5.74, 6) is -0.309. The number of hydrogen-bond acceptors (Lipinski definition) is 3. The van der Waals surface area contributed by atoms with Crippen LogP contribution in [-0.2, 0) is 4.79 Å². The summed E-state index contributed by atoms with van der Waals surface area (Å²) in [6, 6.07) is 4.15. The number of ether oxygens (including phenoxy) is 1. The molecule has 2 atom stereocenters. The van der Waals surface area contributed by atoms with Gasteiger partial charge in [-0.25, -0.2) is 4.39 Å². The highest BCUT2D eigenvalue weighted by Gasteiger charge is 2.26. The molecular weight excluding hydrogens is 249 g/mol. The van der Waals surface area contributed by atoms with Gasteiger partial charge in [0.1, 0.15) is 11.6 Å². The highest BCUT2D eigenvalue weighted by atomic mass is 19.1. The fourth-order valence-corrected chi connectivity index (χ4v) is 1.74. The van der Waals surface area contributed by atoms with E-state index in [4.69, 9.17) is 4.74 Å². The van der Waals surface area contributed by atoms with Crippen LogP contribution in [0.1, 0.15) is 38.4 Å². The molecule has 19 heavy (non-hydrogen) atoms. The van der Waals surface area contributed by atoms with Gasteiger partial charge in [-0.2, -0.15) is 0 Å². The summed E-state index contributed by atoms with van der Waals surface area (Å²) in [6.45, 7) is 3.16. The molecule has 0 radical (unpaired) electrons. The zero-order chi connectivity index (χ0) is 14.0. The minimum atomic E-state index is -0.857. The van der Waals surface area contributed by atoms with Crippen molar-refractivity contribution in [3.63, 3.8) is 0 Å². The van der Waals surface area contributed by atoms with Crippen LogP contribution in [0.3, 0.4) is 0 Å². The van der Waals surface area contributed by atoms with Crippen LogP contribution < -0.4 is 10.1 Å². The van der Waals surface area contributed by atoms with Gasteiger partial charge >= 0.3 is 0 Å². The van der Waals surface area contributed by atoms with Gasteiger partial charge in [-0.05, 0) is 44.9 Å². The lowest BCUT2D eigenvalue weighted by Gasteiger charge is -2.18. The lowest BCUT2D eigenvalue weighted by Crippen LogP contribution is -2.37. The topological polar surface area (TPSA) is 58.6 Å². The van der Waals surface area contributed by atoms with Crippen molar-refractivity contribution < 1.29 is 19.0 Å². The summed E-state index contributed by atoms with van der Waals surface area (Å²) in [6.07, 6.45) is 0.481. The molecule has 2 N–H and O–H groups in total. The molecule has 2 rings (SSSR count). The van der Waals surface area contributed by atoms with Crippen molar-refractivity contribution in [1.82, 2.24) is 5.32 Å². The van der Waals surface area contributed by atoms with Crippen molar-refractivity contribution >= 4 is 5.91 Å². The number of nitrogens with one attached hydrogen (secondary N) is 1. The number of amides is 1. The van der Waals surface area contributed by atoms with Crippen LogP contribution in [0.25, 0.3) is 0 Å². The summed E-state index contributed by atoms with van der Waals surface area (Å²) in [5, 5.41) is 12.4. The van der Waals surface area contributed by atoms with E-state index in [0.29, 0.717) is 11.3 Å². The molecule has 1 saturated carbocycles. The first-order valence-electron chi connectivity index (χ1n) is 6.42. The Bertz CT molecular complexity index is 472. The fraction of sp³-hybridized carbons (Fsp3) is 0.500. The molecule has 4 nitrogen and oxygen atoms in total. The van der Waals surface area contributed by atoms with E-state index >= 15 is 0 Å². The Morgan fingerprint density at radius 3 is 2.74 bits per heavy atom. The molecule has 1 amide bonds. The van der Waals surface area contributed by atoms with Gasteiger partial charge in [0.25, 0.3) is 5.91 Å². The van der Waals surface area contributed by atoms with Gasteiger partial charge in [0.15, 0.2) is 6.10 Å². The number of halogens is 1. The Morgan fingerprint density at radius 1 is 1.47 bits per heavy atom. The first-order valence-corrected chi connectivity index (χ1v) is 6.42. The average Bonchev–Trinajstić information content (AvgIpc) is 3.14. The van der Waals surface area contributed by atoms with Crippen LogP contribution >= 0.6 is 0 Å². The number of hydrogen-bond donors (Lipinski definition) is 2. The first-order chi connectivity index (χ1) is 8.97. The molecule has 1 unspecified atom stereocenters. The molecule has 0 spiro atoms. The second-order valence-corrected chi connectivity index (χ2v) is 4.90. The van der Waals surface area contributed by atoms with Crippen molar-refractivity contribution in [2.75, 3.05) is 0 Å². The van der Waals surface area contributed by atoms with Crippen molar-refractivity contribution in [1.29, 1.82) is 0 Å². The van der Waals surface area contributed by atoms with Crippen molar-refractivity contribution in [3.8, 4) is 5.75 Å². The van der Waals surface area contributed by atoms with Crippen molar-refractivity contribution in [3.05, 3.63) is 29.6 Å². The molecule has 0 aliphatic heterocycles. The van der Waals surface area contributed by atoms with Gasteiger partial charge in [0.2, 0.25) is 0 Å². The third-order valence-electron chi connectivity index (χ3n) is 3.02. The van der Waals surface area contributed by atoms with E-state index in [0.717, 1.165) is 12.8 Å². The first kappa shape index (κ1) is 13.8. The molecule has 5 heteroatoms. The SMILES string of the molecule is CC(Oc1ccc(F)cc1[C@@H](C)O)C(=O)NC1CC1. The third-order valence-corrected chi connectivity index (χ3v) is 3.02. The van der Waals surface area contributed by atoms with Crippen LogP contribution in [0.5, 0.6) is 5.75 Å². The second-order valence-electron chi connectivity index (χ2n) is 4.90. The minimum absolute atomic E-state index is 0.191. The standard InChI is InChI=1S/C14H18FNO3/c1-8(17)12-7-10(15)3-6-13(12)19-9(2)14(18)16-11-4-5-11/h3,6-9,11,17H,4-5H2,1-2H3,(H,16,18)/t8-,9?/m1/s1. The Morgan fingerprint density at radius 2 is 2.16 bits per heavy atom. The molecule has 1 aliphatic rings. The molecule has 1 fully saturated rings. The average molecular weight is 267 g/mol. The molecule has 0 heterocycles. The zero-order valence-corrected chi connectivity index (χ0v) is 11.0. The molecule has 0 bridgehead atoms. The van der Waals surface area contributed by atoms with E-state index in [9.17, 15) is 14.3 Å². The fourth-order valence-electron chi connectivity index (χ4n) is 1.74. The normalized spacial score (nSPS) is 17.7. The summed E-state index contributed by atoms with van der Waals surface area (Å²) in [4.78, 5) is 11.8. The predicted molar refractivity (Wildman–Crippen MR) is 68.3 cm³/mol. The molecule has 1 aromatic carbocycles. The summed E-state index contributed by atoms with van der Waals surface area (Å²) < 4.78 is 18.7. The quantitative estimate of drug-likeness (QED) is 0.857. The number of carbonyl (C=O) groups excluding carboxylic acids is 1. The van der Waals surface area contributed by atoms with Crippen LogP contribution in [-0.4, -0.2) is 23.2 Å². The maximum absolute atomic E-state index is 13.1. The Balaban J connectivity index is 2.06. The second kappa shape index (κ2) is 5.57. The van der Waals surface area contributed by atoms with E-state index in [1.807, 2.05) is 0 Å². The van der Waals surface area contributed by atoms with Gasteiger partial charge in [0.05, 0.1) is 6.10 Å². The van der Waals surface area contributed by atoms with Crippen molar-refractivity contribution in [2.45, 2.75) is 44.9 Å². The number of benzene rings is 1. The summed E-state index contributed by atoms with van der Waals surface area (Å²) in [7, 11) is 0. The van der Waals surface area contributed by atoms with E-state index in [-0.39, 0.29) is 11.9 Å². The Hall–Kier alpha value is -1.62. The van der Waals surface area contributed by atoms with E-state index in [1.165, 1.54) is 25.1 Å². The van der Waals surface area contributed by atoms with Crippen LogP contribution in [0.2, 0.25) is 0 Å². The molecule has 1 aliphatic carbocycles. The number of carbonyl (C=O) groups is 1. The van der Waals surface area contributed by atoms with Gasteiger partial charge < -0.3 is 15.2 Å². The lowest BCUT2D eigenvalue weighted by molar-refractivity contribution is -0.127. The highest BCUT2D eigenvalue weighted by molar-refractivity contribution is 5.81. The van der Waals surface area contributed by atoms with E-state index < -0.39 is 18.0 Å². The summed E-state index contributed by atoms with van der Waals surface area (Å²) in [5.41, 5.74) is 0.339. The molecular formula is C14H18FNO3. The summed E-state index contributed by atoms with van der Waals surface area (Å²) >= 11 is 0. The number of aliphatic hydroxyl groups excluding tert-OH is 1. The van der Waals surface area contributed by atoms with E-state index in [2.05, 4.69) is 5.32 Å². The molecule has 0 aromatic heterocycles. The molecule has 1 aromatic rings. The zero-order valence-electron chi connectivity index (χ0n) is 11.0. The van der Waals surface area contributed by atoms with E-state index in [1.54, 1.807) is 6.92 Å². The lowest BCUT2D eigenvalue weighted by atomic mass is 10.1. The minimum Gasteiger partial charge on any atom is -0.481 e. The Labute approximate surface area is 111 Å². The van der Waals surface area contributed by atoms with Gasteiger partial charge in [0, 0.05) is 11.6 Å². The predicted octanol–water partition coefficient (Wildman–Crippen LogP) is 1.92. The van der Waals surface area contributed by atoms with Crippen LogP contribution in [0.4, 0.5) is 4.39 Å². The maximum atomic E-state index is 13.1. The maximum Gasteiger partial charge on any atom is 0.260 e. The van der Waals surface area contributed by atoms with Crippen molar-refractivity contribution in [2.24, 2.45) is 0 Å². The largest absolute Gasteiger partial charge is 0.481 e. The number of aliphatic hydroxyl groups is 1. The molecule has 104 valence electrons. The number of rotatable bonds is 5. The smallest absolute Gasteiger partial charge is 0.260 e. The third kappa shape index (κ3) is 3.67. The highest BCUT2D eigenvalue weighted by Crippen LogP contribution is 2.27. The van der Waals surface area contributed by atoms with Crippen LogP contribution in [0, 0.1) is 5.82 Å². The molecule has 0 saturated heterocycles. The van der Waals surface area contributed by atoms with Gasteiger partial charge in [-0.3, -0.25) is 4.79 Å². The van der Waals surface area contributed by atoms with Crippen LogP contribution in [0.15, 0.2) is 18.2 Å². The Kier molecular flexibility index (Phi) is 4.04.